The Morgan fingerprint density at radius 3 is 2.44 bits per heavy atom. The van der Waals surface area contributed by atoms with Crippen LogP contribution >= 0.6 is 15.9 Å². The summed E-state index contributed by atoms with van der Waals surface area (Å²) < 4.78 is 56.2. The molecule has 136 valence electrons. The third kappa shape index (κ3) is 4.20. The van der Waals surface area contributed by atoms with Gasteiger partial charge in [-0.05, 0) is 24.1 Å². The molecule has 0 aliphatic rings. The number of hydrogen-bond acceptors (Lipinski definition) is 3. The summed E-state index contributed by atoms with van der Waals surface area (Å²) in [5.74, 6) is -0.876. The van der Waals surface area contributed by atoms with E-state index in [0.29, 0.717) is 0 Å². The first-order valence-electron chi connectivity index (χ1n) is 7.35. The molecule has 4 nitrogen and oxygen atoms in total. The van der Waals surface area contributed by atoms with E-state index in [1.807, 2.05) is 0 Å². The van der Waals surface area contributed by atoms with Crippen molar-refractivity contribution >= 4 is 32.8 Å². The summed E-state index contributed by atoms with van der Waals surface area (Å²) >= 11 is 3.08. The van der Waals surface area contributed by atoms with Crippen molar-refractivity contribution in [3.05, 3.63) is 43.6 Å². The molecule has 0 aliphatic carbocycles. The van der Waals surface area contributed by atoms with Crippen LogP contribution < -0.4 is 5.43 Å². The van der Waals surface area contributed by atoms with Gasteiger partial charge in [-0.1, -0.05) is 15.9 Å². The fourth-order valence-corrected chi connectivity index (χ4v) is 3.13. The topological polar surface area (TPSA) is 59.2 Å². The zero-order chi connectivity index (χ0) is 18.7. The lowest BCUT2D eigenvalue weighted by Crippen LogP contribution is -2.19. The van der Waals surface area contributed by atoms with Gasteiger partial charge in [0.25, 0.3) is 0 Å². The van der Waals surface area contributed by atoms with Gasteiger partial charge in [0, 0.05) is 28.9 Å². The Balaban J connectivity index is 2.76. The zero-order valence-corrected chi connectivity index (χ0v) is 14.6. The Bertz CT molecular complexity index is 851. The number of benzene rings is 1. The van der Waals surface area contributed by atoms with Gasteiger partial charge in [0.2, 0.25) is 18.3 Å². The van der Waals surface area contributed by atoms with Crippen LogP contribution in [0.1, 0.15) is 28.4 Å². The number of aromatic amines is 1. The number of carbonyl (C=O) groups excluding carboxylic acids is 1. The Labute approximate surface area is 148 Å². The van der Waals surface area contributed by atoms with Crippen LogP contribution in [-0.2, 0) is 17.6 Å². The zero-order valence-electron chi connectivity index (χ0n) is 13.0. The molecular weight excluding hydrogens is 410 g/mol. The Morgan fingerprint density at radius 2 is 1.88 bits per heavy atom. The standard InChI is InChI=1S/C16H14BrF4NO3/c1-2-25-16(24)10-6-22-14-8(5-12(20)21)13(17)7(4-11(18)19)3-9(14)15(10)23/h3,6,11-12H,2,4-5H2,1H3,(H,22,23). The van der Waals surface area contributed by atoms with Crippen molar-refractivity contribution in [1.82, 2.24) is 4.98 Å². The number of ether oxygens (including phenoxy) is 1. The average Bonchev–Trinajstić information content (AvgIpc) is 2.51. The third-order valence-electron chi connectivity index (χ3n) is 3.51. The Hall–Kier alpha value is -1.90. The summed E-state index contributed by atoms with van der Waals surface area (Å²) in [5, 5.41) is -0.111. The maximum Gasteiger partial charge on any atom is 0.343 e. The first-order valence-corrected chi connectivity index (χ1v) is 8.14. The molecule has 0 aliphatic heterocycles. The van der Waals surface area contributed by atoms with Crippen LogP contribution in [0, 0.1) is 0 Å². The normalized spacial score (nSPS) is 11.5. The molecule has 1 aromatic heterocycles. The second kappa shape index (κ2) is 7.99. The fourth-order valence-electron chi connectivity index (χ4n) is 2.50. The molecule has 25 heavy (non-hydrogen) atoms. The van der Waals surface area contributed by atoms with Crippen molar-refractivity contribution in [1.29, 1.82) is 0 Å². The van der Waals surface area contributed by atoms with Gasteiger partial charge in [0.05, 0.1) is 12.1 Å². The highest BCUT2D eigenvalue weighted by Gasteiger charge is 2.22. The molecule has 9 heteroatoms. The van der Waals surface area contributed by atoms with E-state index in [2.05, 4.69) is 20.9 Å². The minimum absolute atomic E-state index is 0.00987. The Kier molecular flexibility index (Phi) is 6.21. The molecule has 1 heterocycles. The predicted octanol–water partition coefficient (Wildman–Crippen LogP) is 4.08. The fraction of sp³-hybridized carbons (Fsp3) is 0.375. The smallest absolute Gasteiger partial charge is 0.343 e. The molecule has 1 N–H and O–H groups in total. The van der Waals surface area contributed by atoms with E-state index in [1.165, 1.54) is 6.07 Å². The van der Waals surface area contributed by atoms with Gasteiger partial charge < -0.3 is 9.72 Å². The summed E-state index contributed by atoms with van der Waals surface area (Å²) in [4.78, 5) is 27.0. The van der Waals surface area contributed by atoms with Crippen LogP contribution in [-0.4, -0.2) is 30.4 Å². The van der Waals surface area contributed by atoms with E-state index in [4.69, 9.17) is 4.74 Å². The number of esters is 1. The largest absolute Gasteiger partial charge is 0.462 e. The van der Waals surface area contributed by atoms with Crippen molar-refractivity contribution in [3.8, 4) is 0 Å². The number of carbonyl (C=O) groups is 1. The Morgan fingerprint density at radius 1 is 1.24 bits per heavy atom. The van der Waals surface area contributed by atoms with Crippen LogP contribution in [0.4, 0.5) is 17.6 Å². The van der Waals surface area contributed by atoms with E-state index in [0.717, 1.165) is 6.20 Å². The summed E-state index contributed by atoms with van der Waals surface area (Å²) in [7, 11) is 0. The molecule has 0 spiro atoms. The molecular formula is C16H14BrF4NO3. The number of H-pyrrole nitrogens is 1. The predicted molar refractivity (Wildman–Crippen MR) is 87.6 cm³/mol. The van der Waals surface area contributed by atoms with E-state index in [-0.39, 0.29) is 38.7 Å². The lowest BCUT2D eigenvalue weighted by Gasteiger charge is -2.14. The number of fused-ring (bicyclic) bond motifs is 1. The number of alkyl halides is 4. The first kappa shape index (κ1) is 19.4. The molecule has 0 bridgehead atoms. The summed E-state index contributed by atoms with van der Waals surface area (Å²) in [6.45, 7) is 1.61. The minimum atomic E-state index is -2.74. The monoisotopic (exact) mass is 423 g/mol. The maximum atomic E-state index is 12.9. The SMILES string of the molecule is CCOC(=O)c1c[nH]c2c(CC(F)F)c(Br)c(CC(F)F)cc2c1=O. The molecule has 2 aromatic rings. The molecule has 1 aromatic carbocycles. The van der Waals surface area contributed by atoms with Crippen molar-refractivity contribution in [2.45, 2.75) is 32.6 Å². The van der Waals surface area contributed by atoms with Gasteiger partial charge in [0.15, 0.2) is 0 Å². The van der Waals surface area contributed by atoms with E-state index in [1.54, 1.807) is 6.92 Å². The van der Waals surface area contributed by atoms with Crippen LogP contribution in [0.2, 0.25) is 0 Å². The average molecular weight is 424 g/mol. The molecule has 0 fully saturated rings. The quantitative estimate of drug-likeness (QED) is 0.562. The van der Waals surface area contributed by atoms with Gasteiger partial charge in [-0.15, -0.1) is 0 Å². The second-order valence-electron chi connectivity index (χ2n) is 5.19. The van der Waals surface area contributed by atoms with Crippen molar-refractivity contribution in [2.24, 2.45) is 0 Å². The first-order chi connectivity index (χ1) is 11.8. The highest BCUT2D eigenvalue weighted by molar-refractivity contribution is 9.10. The number of nitrogens with one attached hydrogen (secondary N) is 1. The molecule has 0 radical (unpaired) electrons. The maximum absolute atomic E-state index is 12.9. The number of hydrogen-bond donors (Lipinski definition) is 1. The van der Waals surface area contributed by atoms with Crippen molar-refractivity contribution < 1.29 is 27.1 Å². The summed E-state index contributed by atoms with van der Waals surface area (Å²) in [5.41, 5.74) is -0.975. The molecule has 0 atom stereocenters. The number of pyridine rings is 1. The van der Waals surface area contributed by atoms with Gasteiger partial charge in [-0.3, -0.25) is 4.79 Å². The molecule has 2 rings (SSSR count). The minimum Gasteiger partial charge on any atom is -0.462 e. The summed E-state index contributed by atoms with van der Waals surface area (Å²) in [6.07, 6.45) is -5.83. The molecule has 0 saturated heterocycles. The molecule has 0 unspecified atom stereocenters. The second-order valence-corrected chi connectivity index (χ2v) is 5.99. The van der Waals surface area contributed by atoms with Gasteiger partial charge in [0.1, 0.15) is 5.56 Å². The molecule has 0 saturated carbocycles. The van der Waals surface area contributed by atoms with Crippen molar-refractivity contribution in [3.63, 3.8) is 0 Å². The van der Waals surface area contributed by atoms with E-state index >= 15 is 0 Å². The van der Waals surface area contributed by atoms with Crippen LogP contribution in [0.3, 0.4) is 0 Å². The third-order valence-corrected chi connectivity index (χ3v) is 4.50. The van der Waals surface area contributed by atoms with E-state index in [9.17, 15) is 27.2 Å². The lowest BCUT2D eigenvalue weighted by molar-refractivity contribution is 0.0524. The highest BCUT2D eigenvalue weighted by atomic mass is 79.9. The number of rotatable bonds is 6. The molecule has 0 amide bonds. The van der Waals surface area contributed by atoms with Crippen molar-refractivity contribution in [2.75, 3.05) is 6.61 Å². The summed E-state index contributed by atoms with van der Waals surface area (Å²) in [6, 6.07) is 1.18. The van der Waals surface area contributed by atoms with Gasteiger partial charge in [-0.2, -0.15) is 0 Å². The number of aromatic nitrogens is 1. The highest BCUT2D eigenvalue weighted by Crippen LogP contribution is 2.31. The van der Waals surface area contributed by atoms with Crippen LogP contribution in [0.25, 0.3) is 10.9 Å². The lowest BCUT2D eigenvalue weighted by atomic mass is 9.99. The van der Waals surface area contributed by atoms with Gasteiger partial charge in [-0.25, -0.2) is 22.4 Å². The van der Waals surface area contributed by atoms with Gasteiger partial charge >= 0.3 is 5.97 Å². The van der Waals surface area contributed by atoms with Crippen LogP contribution in [0.15, 0.2) is 21.5 Å². The van der Waals surface area contributed by atoms with E-state index < -0.39 is 37.1 Å². The van der Waals surface area contributed by atoms with Crippen LogP contribution in [0.5, 0.6) is 0 Å². The number of halogens is 5.